The molecule has 0 aromatic heterocycles. The number of fused-ring (bicyclic) bond motifs is 1. The number of nitrogens with two attached hydrogens (primary N) is 1. The Labute approximate surface area is 124 Å². The molecular formula is C12H15NO6S2. The fourth-order valence-corrected chi connectivity index (χ4v) is 2.42. The average Bonchev–Trinajstić information content (AvgIpc) is 2.38. The van der Waals surface area contributed by atoms with Crippen molar-refractivity contribution in [1.82, 2.24) is 0 Å². The highest BCUT2D eigenvalue weighted by molar-refractivity contribution is 7.82. The molecule has 3 N–H and O–H groups in total. The van der Waals surface area contributed by atoms with E-state index in [-0.39, 0.29) is 0 Å². The summed E-state index contributed by atoms with van der Waals surface area (Å²) >= 11 is 0. The molecule has 0 saturated carbocycles. The first-order chi connectivity index (χ1) is 9.70. The number of thiol groups is 1. The minimum absolute atomic E-state index is 0.850. The van der Waals surface area contributed by atoms with Gasteiger partial charge in [-0.25, -0.2) is 12.6 Å². The van der Waals surface area contributed by atoms with Gasteiger partial charge < -0.3 is 5.73 Å². The largest absolute Gasteiger partial charge is 0.398 e. The van der Waals surface area contributed by atoms with Crippen LogP contribution in [0, 0.1) is 0 Å². The van der Waals surface area contributed by atoms with E-state index in [1.807, 2.05) is 30.3 Å². The zero-order chi connectivity index (χ0) is 16.0. The molecule has 2 rings (SSSR count). The number of hydrogen-bond acceptors (Lipinski definition) is 6. The molecule has 0 fully saturated rings. The summed E-state index contributed by atoms with van der Waals surface area (Å²) in [5.41, 5.74) is 5.08. The Morgan fingerprint density at radius 3 is 2.19 bits per heavy atom. The molecule has 21 heavy (non-hydrogen) atoms. The van der Waals surface area contributed by atoms with E-state index in [1.54, 1.807) is 0 Å². The van der Waals surface area contributed by atoms with Gasteiger partial charge in [-0.15, -0.1) is 0 Å². The highest BCUT2D eigenvalue weighted by Gasteiger charge is 2.13. The molecule has 7 nitrogen and oxygen atoms in total. The van der Waals surface area contributed by atoms with Crippen LogP contribution in [0.3, 0.4) is 0 Å². The van der Waals surface area contributed by atoms with Crippen LogP contribution >= 0.6 is 0 Å². The van der Waals surface area contributed by atoms with E-state index in [4.69, 9.17) is 10.3 Å². The molecule has 0 aliphatic rings. The Morgan fingerprint density at radius 2 is 1.71 bits per heavy atom. The Bertz CT molecular complexity index is 772. The molecular weight excluding hydrogens is 318 g/mol. The zero-order valence-electron chi connectivity index (χ0n) is 11.0. The maximum Gasteiger partial charge on any atom is 0.398 e. The van der Waals surface area contributed by atoms with Crippen LogP contribution in [0.25, 0.3) is 10.8 Å². The summed E-state index contributed by atoms with van der Waals surface area (Å²) in [6.45, 7) is 0.986. The molecule has 0 amide bonds. The Morgan fingerprint density at radius 1 is 1.14 bits per heavy atom. The van der Waals surface area contributed by atoms with E-state index < -0.39 is 26.5 Å². The summed E-state index contributed by atoms with van der Waals surface area (Å²) in [7, 11) is -7.64. The third-order valence-corrected chi connectivity index (χ3v) is 3.75. The van der Waals surface area contributed by atoms with Crippen molar-refractivity contribution in [1.29, 1.82) is 0 Å². The molecule has 0 bridgehead atoms. The van der Waals surface area contributed by atoms with E-state index >= 15 is 0 Å². The highest BCUT2D eigenvalue weighted by atomic mass is 32.3. The lowest BCUT2D eigenvalue weighted by Gasteiger charge is -1.99. The molecule has 0 aliphatic heterocycles. The Hall–Kier alpha value is -1.68. The third-order valence-electron chi connectivity index (χ3n) is 2.38. The minimum Gasteiger partial charge on any atom is -0.398 e. The predicted molar refractivity (Wildman–Crippen MR) is 80.8 cm³/mol. The third kappa shape index (κ3) is 6.08. The maximum absolute atomic E-state index is 9.91. The summed E-state index contributed by atoms with van der Waals surface area (Å²) in [6.07, 6.45) is 0. The normalized spacial score (nSPS) is 12.7. The van der Waals surface area contributed by atoms with Crippen molar-refractivity contribution in [2.45, 2.75) is 12.4 Å². The monoisotopic (exact) mass is 333 g/mol. The van der Waals surface area contributed by atoms with Crippen LogP contribution in [-0.4, -0.2) is 26.8 Å². The minimum atomic E-state index is -4.65. The van der Waals surface area contributed by atoms with Gasteiger partial charge in [-0.2, -0.15) is 8.42 Å². The quantitative estimate of drug-likeness (QED) is 0.438. The van der Waals surface area contributed by atoms with Gasteiger partial charge >= 0.3 is 10.4 Å². The summed E-state index contributed by atoms with van der Waals surface area (Å²) in [5.74, 6) is 0. The van der Waals surface area contributed by atoms with Crippen LogP contribution in [0.2, 0.25) is 0 Å². The van der Waals surface area contributed by atoms with Crippen LogP contribution in [0.4, 0.5) is 5.69 Å². The van der Waals surface area contributed by atoms with Crippen molar-refractivity contribution in [3.8, 4) is 0 Å². The van der Waals surface area contributed by atoms with Gasteiger partial charge in [-0.05, 0) is 18.4 Å². The second-order valence-corrected chi connectivity index (χ2v) is 6.32. The molecule has 2 aromatic rings. The first-order valence-corrected chi connectivity index (χ1v) is 8.34. The molecule has 116 valence electrons. The van der Waals surface area contributed by atoms with Gasteiger partial charge in [0.05, 0.1) is 0 Å². The van der Waals surface area contributed by atoms with Gasteiger partial charge in [0.2, 0.25) is 0 Å². The predicted octanol–water partition coefficient (Wildman–Crippen LogP) is 1.19. The second kappa shape index (κ2) is 7.36. The fraction of sp³-hybridized carbons (Fsp3) is 0.167. The molecule has 0 spiro atoms. The summed E-state index contributed by atoms with van der Waals surface area (Å²) in [6, 6.07) is 14.1. The van der Waals surface area contributed by atoms with Crippen molar-refractivity contribution >= 4 is 37.6 Å². The molecule has 9 heteroatoms. The van der Waals surface area contributed by atoms with Crippen LogP contribution in [0.15, 0.2) is 42.5 Å². The SMILES string of the molecule is CC(OS(=O)(=O)O)[SH](=O)=O.Nc1cccc2ccccc12. The zero-order valence-corrected chi connectivity index (χ0v) is 12.8. The molecule has 1 unspecified atom stereocenters. The summed E-state index contributed by atoms with van der Waals surface area (Å²) < 4.78 is 51.0. The summed E-state index contributed by atoms with van der Waals surface area (Å²) in [4.78, 5) is 0. The van der Waals surface area contributed by atoms with Crippen LogP contribution < -0.4 is 5.73 Å². The molecule has 0 aliphatic carbocycles. The van der Waals surface area contributed by atoms with Crippen molar-refractivity contribution in [3.05, 3.63) is 42.5 Å². The standard InChI is InChI=1S/C10H9N.C2H6O6S2/c11-10-7-3-5-8-4-1-2-6-9(8)10;1-2(9(3)4)8-10(5,6)7/h1-7H,11H2;2,9H,1H3,(H,5,6,7). The highest BCUT2D eigenvalue weighted by Crippen LogP contribution is 2.19. The maximum atomic E-state index is 9.91. The average molecular weight is 333 g/mol. The first-order valence-electron chi connectivity index (χ1n) is 5.73. The van der Waals surface area contributed by atoms with Crippen molar-refractivity contribution in [2.75, 3.05) is 5.73 Å². The number of nitrogen functional groups attached to an aromatic ring is 1. The van der Waals surface area contributed by atoms with Crippen molar-refractivity contribution in [3.63, 3.8) is 0 Å². The lowest BCUT2D eigenvalue weighted by Crippen LogP contribution is -2.15. The van der Waals surface area contributed by atoms with Gasteiger partial charge in [-0.3, -0.25) is 4.55 Å². The van der Waals surface area contributed by atoms with Gasteiger partial charge in [0, 0.05) is 11.1 Å². The summed E-state index contributed by atoms with van der Waals surface area (Å²) in [5, 5.41) is 2.34. The topological polar surface area (TPSA) is 124 Å². The molecule has 0 saturated heterocycles. The molecule has 0 heterocycles. The number of benzene rings is 2. The van der Waals surface area contributed by atoms with Crippen LogP contribution in [-0.2, 0) is 25.3 Å². The number of anilines is 1. The fourth-order valence-electron chi connectivity index (χ4n) is 1.46. The van der Waals surface area contributed by atoms with Gasteiger partial charge in [-0.1, -0.05) is 36.4 Å². The lowest BCUT2D eigenvalue weighted by atomic mass is 10.1. The molecule has 0 radical (unpaired) electrons. The van der Waals surface area contributed by atoms with Crippen LogP contribution in [0.5, 0.6) is 0 Å². The first kappa shape index (κ1) is 17.4. The van der Waals surface area contributed by atoms with Gasteiger partial charge in [0.15, 0.2) is 16.1 Å². The number of hydrogen-bond donors (Lipinski definition) is 3. The van der Waals surface area contributed by atoms with Crippen LogP contribution in [0.1, 0.15) is 6.92 Å². The van der Waals surface area contributed by atoms with Crippen molar-refractivity contribution in [2.24, 2.45) is 0 Å². The smallest absolute Gasteiger partial charge is 0.398 e. The van der Waals surface area contributed by atoms with E-state index in [2.05, 4.69) is 16.3 Å². The number of rotatable bonds is 3. The lowest BCUT2D eigenvalue weighted by molar-refractivity contribution is 0.254. The van der Waals surface area contributed by atoms with E-state index in [1.165, 1.54) is 5.39 Å². The molecule has 2 aromatic carbocycles. The second-order valence-electron chi connectivity index (χ2n) is 3.98. The Balaban J connectivity index is 0.000000212. The van der Waals surface area contributed by atoms with E-state index in [0.29, 0.717) is 0 Å². The van der Waals surface area contributed by atoms with Gasteiger partial charge in [0.25, 0.3) is 0 Å². The van der Waals surface area contributed by atoms with Gasteiger partial charge in [0.1, 0.15) is 0 Å². The molecule has 1 atom stereocenters. The van der Waals surface area contributed by atoms with E-state index in [0.717, 1.165) is 18.0 Å². The Kier molecular flexibility index (Phi) is 6.09. The van der Waals surface area contributed by atoms with Crippen molar-refractivity contribution < 1.29 is 25.6 Å². The van der Waals surface area contributed by atoms with E-state index in [9.17, 15) is 16.8 Å².